The first-order chi connectivity index (χ1) is 7.50. The standard InChI is InChI=1S/C11H16BrNO3/c1-7(2)5-9(11(14)15)13-6-10-8(12)3-4-16-10/h3-4,7,9,13H,5-6H2,1-2H3,(H,14,15). The van der Waals surface area contributed by atoms with Gasteiger partial charge < -0.3 is 9.52 Å². The first-order valence-electron chi connectivity index (χ1n) is 5.18. The minimum absolute atomic E-state index is 0.341. The van der Waals surface area contributed by atoms with E-state index in [0.29, 0.717) is 18.9 Å². The summed E-state index contributed by atoms with van der Waals surface area (Å²) >= 11 is 3.32. The van der Waals surface area contributed by atoms with E-state index in [1.807, 2.05) is 13.8 Å². The maximum absolute atomic E-state index is 11.0. The third-order valence-corrected chi connectivity index (χ3v) is 2.91. The molecule has 0 saturated carbocycles. The van der Waals surface area contributed by atoms with Crippen molar-refractivity contribution in [3.8, 4) is 0 Å². The molecule has 0 aliphatic heterocycles. The van der Waals surface area contributed by atoms with Gasteiger partial charge in [0.1, 0.15) is 11.8 Å². The smallest absolute Gasteiger partial charge is 0.320 e. The number of hydrogen-bond donors (Lipinski definition) is 2. The lowest BCUT2D eigenvalue weighted by Crippen LogP contribution is -2.37. The highest BCUT2D eigenvalue weighted by atomic mass is 79.9. The van der Waals surface area contributed by atoms with Crippen molar-refractivity contribution in [1.82, 2.24) is 5.32 Å². The van der Waals surface area contributed by atoms with Crippen molar-refractivity contribution in [3.63, 3.8) is 0 Å². The summed E-state index contributed by atoms with van der Waals surface area (Å²) in [5.41, 5.74) is 0. The average molecular weight is 290 g/mol. The van der Waals surface area contributed by atoms with E-state index >= 15 is 0 Å². The molecule has 2 N–H and O–H groups in total. The Morgan fingerprint density at radius 2 is 2.31 bits per heavy atom. The molecule has 0 fully saturated rings. The SMILES string of the molecule is CC(C)CC(NCc1occc1Br)C(=O)O. The van der Waals surface area contributed by atoms with Crippen molar-refractivity contribution in [2.75, 3.05) is 0 Å². The van der Waals surface area contributed by atoms with Crippen molar-refractivity contribution in [2.24, 2.45) is 5.92 Å². The molecule has 16 heavy (non-hydrogen) atoms. The van der Waals surface area contributed by atoms with Gasteiger partial charge in [-0.2, -0.15) is 0 Å². The van der Waals surface area contributed by atoms with Crippen molar-refractivity contribution < 1.29 is 14.3 Å². The number of nitrogens with one attached hydrogen (secondary N) is 1. The highest BCUT2D eigenvalue weighted by Gasteiger charge is 2.18. The molecule has 0 radical (unpaired) electrons. The quantitative estimate of drug-likeness (QED) is 0.845. The van der Waals surface area contributed by atoms with Crippen LogP contribution in [-0.2, 0) is 11.3 Å². The number of carbonyl (C=O) groups is 1. The Morgan fingerprint density at radius 1 is 1.62 bits per heavy atom. The second-order valence-electron chi connectivity index (χ2n) is 4.09. The highest BCUT2D eigenvalue weighted by Crippen LogP contribution is 2.17. The third-order valence-electron chi connectivity index (χ3n) is 2.21. The van der Waals surface area contributed by atoms with Gasteiger partial charge in [0, 0.05) is 0 Å². The molecule has 4 nitrogen and oxygen atoms in total. The monoisotopic (exact) mass is 289 g/mol. The van der Waals surface area contributed by atoms with E-state index in [9.17, 15) is 4.79 Å². The first-order valence-corrected chi connectivity index (χ1v) is 5.98. The molecule has 1 unspecified atom stereocenters. The van der Waals surface area contributed by atoms with Crippen LogP contribution in [0.4, 0.5) is 0 Å². The van der Waals surface area contributed by atoms with E-state index in [2.05, 4.69) is 21.2 Å². The number of aliphatic carboxylic acids is 1. The predicted octanol–water partition coefficient (Wildman–Crippen LogP) is 2.63. The van der Waals surface area contributed by atoms with Crippen molar-refractivity contribution >= 4 is 21.9 Å². The Kier molecular flexibility index (Phi) is 5.02. The number of hydrogen-bond acceptors (Lipinski definition) is 3. The molecule has 90 valence electrons. The summed E-state index contributed by atoms with van der Waals surface area (Å²) in [6, 6.07) is 1.26. The van der Waals surface area contributed by atoms with Gasteiger partial charge in [0.25, 0.3) is 0 Å². The van der Waals surface area contributed by atoms with Gasteiger partial charge in [0.05, 0.1) is 17.3 Å². The average Bonchev–Trinajstić information content (AvgIpc) is 2.57. The van der Waals surface area contributed by atoms with Gasteiger partial charge in [-0.3, -0.25) is 10.1 Å². The Hall–Kier alpha value is -0.810. The number of carboxylic acid groups (broad SMARTS) is 1. The molecule has 0 amide bonds. The van der Waals surface area contributed by atoms with Gasteiger partial charge in [-0.1, -0.05) is 13.8 Å². The van der Waals surface area contributed by atoms with Crippen molar-refractivity contribution in [3.05, 3.63) is 22.6 Å². The lowest BCUT2D eigenvalue weighted by Gasteiger charge is -2.15. The fraction of sp³-hybridized carbons (Fsp3) is 0.545. The van der Waals surface area contributed by atoms with Gasteiger partial charge in [-0.05, 0) is 34.3 Å². The summed E-state index contributed by atoms with van der Waals surface area (Å²) in [5, 5.41) is 12.0. The number of furan rings is 1. The normalized spacial score (nSPS) is 13.0. The summed E-state index contributed by atoms with van der Waals surface area (Å²) in [7, 11) is 0. The molecular weight excluding hydrogens is 274 g/mol. The van der Waals surface area contributed by atoms with E-state index in [1.54, 1.807) is 12.3 Å². The zero-order chi connectivity index (χ0) is 12.1. The summed E-state index contributed by atoms with van der Waals surface area (Å²) in [4.78, 5) is 11.0. The Labute approximate surface area is 103 Å². The molecule has 0 bridgehead atoms. The number of halogens is 1. The molecule has 0 aliphatic rings. The molecule has 1 rings (SSSR count). The van der Waals surface area contributed by atoms with Crippen LogP contribution in [0.1, 0.15) is 26.0 Å². The van der Waals surface area contributed by atoms with E-state index in [-0.39, 0.29) is 0 Å². The van der Waals surface area contributed by atoms with Crippen LogP contribution in [0.25, 0.3) is 0 Å². The molecule has 5 heteroatoms. The van der Waals surface area contributed by atoms with Crippen molar-refractivity contribution in [2.45, 2.75) is 32.9 Å². The van der Waals surface area contributed by atoms with Crippen LogP contribution in [0.2, 0.25) is 0 Å². The molecular formula is C11H16BrNO3. The van der Waals surface area contributed by atoms with E-state index in [0.717, 1.165) is 10.2 Å². The topological polar surface area (TPSA) is 62.5 Å². The second kappa shape index (κ2) is 6.06. The fourth-order valence-corrected chi connectivity index (χ4v) is 1.75. The molecule has 0 aliphatic carbocycles. The van der Waals surface area contributed by atoms with Gasteiger partial charge in [-0.15, -0.1) is 0 Å². The predicted molar refractivity (Wildman–Crippen MR) is 64.1 cm³/mol. The van der Waals surface area contributed by atoms with Crippen LogP contribution in [0.15, 0.2) is 21.2 Å². The van der Waals surface area contributed by atoms with Crippen molar-refractivity contribution in [1.29, 1.82) is 0 Å². The van der Waals surface area contributed by atoms with Gasteiger partial charge in [-0.25, -0.2) is 0 Å². The van der Waals surface area contributed by atoms with Crippen LogP contribution in [0.3, 0.4) is 0 Å². The lowest BCUT2D eigenvalue weighted by atomic mass is 10.0. The van der Waals surface area contributed by atoms with Crippen LogP contribution in [0, 0.1) is 5.92 Å². The summed E-state index contributed by atoms with van der Waals surface area (Å²) in [5.74, 6) is 0.236. The first kappa shape index (κ1) is 13.3. The molecule has 0 saturated heterocycles. The van der Waals surface area contributed by atoms with Crippen LogP contribution < -0.4 is 5.32 Å². The molecule has 0 aromatic carbocycles. The maximum atomic E-state index is 11.0. The van der Waals surface area contributed by atoms with Gasteiger partial charge >= 0.3 is 5.97 Å². The number of carboxylic acids is 1. The Bertz CT molecular complexity index is 349. The fourth-order valence-electron chi connectivity index (χ4n) is 1.41. The molecule has 0 spiro atoms. The molecule has 1 heterocycles. The number of rotatable bonds is 6. The summed E-state index contributed by atoms with van der Waals surface area (Å²) in [6.45, 7) is 4.41. The van der Waals surface area contributed by atoms with E-state index in [1.165, 1.54) is 0 Å². The third kappa shape index (κ3) is 3.98. The zero-order valence-electron chi connectivity index (χ0n) is 9.37. The summed E-state index contributed by atoms with van der Waals surface area (Å²) in [6.07, 6.45) is 2.17. The molecule has 1 aromatic rings. The van der Waals surface area contributed by atoms with Crippen LogP contribution in [-0.4, -0.2) is 17.1 Å². The minimum Gasteiger partial charge on any atom is -0.480 e. The van der Waals surface area contributed by atoms with E-state index < -0.39 is 12.0 Å². The highest BCUT2D eigenvalue weighted by molar-refractivity contribution is 9.10. The summed E-state index contributed by atoms with van der Waals surface area (Å²) < 4.78 is 6.05. The maximum Gasteiger partial charge on any atom is 0.320 e. The Morgan fingerprint density at radius 3 is 2.75 bits per heavy atom. The van der Waals surface area contributed by atoms with Crippen LogP contribution in [0.5, 0.6) is 0 Å². The minimum atomic E-state index is -0.823. The zero-order valence-corrected chi connectivity index (χ0v) is 11.0. The largest absolute Gasteiger partial charge is 0.480 e. The van der Waals surface area contributed by atoms with Gasteiger partial charge in [0.2, 0.25) is 0 Å². The molecule has 1 aromatic heterocycles. The lowest BCUT2D eigenvalue weighted by molar-refractivity contribution is -0.140. The molecule has 1 atom stereocenters. The van der Waals surface area contributed by atoms with Crippen LogP contribution >= 0.6 is 15.9 Å². The van der Waals surface area contributed by atoms with E-state index in [4.69, 9.17) is 9.52 Å². The second-order valence-corrected chi connectivity index (χ2v) is 4.95. The Balaban J connectivity index is 2.50. The van der Waals surface area contributed by atoms with Gasteiger partial charge in [0.15, 0.2) is 0 Å².